The van der Waals surface area contributed by atoms with Gasteiger partial charge in [0.2, 0.25) is 0 Å². The number of nitrogens with zero attached hydrogens (tertiary/aromatic N) is 1. The van der Waals surface area contributed by atoms with E-state index in [1.54, 1.807) is 0 Å². The second-order valence-corrected chi connectivity index (χ2v) is 2.84. The van der Waals surface area contributed by atoms with Crippen molar-refractivity contribution in [2.75, 3.05) is 6.54 Å². The molecule has 0 radical (unpaired) electrons. The number of aryl methyl sites for hydroxylation is 1. The van der Waals surface area contributed by atoms with Crippen molar-refractivity contribution in [3.63, 3.8) is 0 Å². The molecule has 1 aliphatic rings. The zero-order chi connectivity index (χ0) is 7.68. The minimum absolute atomic E-state index is 1.08. The van der Waals surface area contributed by atoms with Gasteiger partial charge in [-0.25, -0.2) is 0 Å². The summed E-state index contributed by atoms with van der Waals surface area (Å²) in [6.45, 7) is 1.08. The summed E-state index contributed by atoms with van der Waals surface area (Å²) in [5.41, 5.74) is 2.56. The highest BCUT2D eigenvalue weighted by Gasteiger charge is 2.07. The van der Waals surface area contributed by atoms with E-state index in [0.717, 1.165) is 13.0 Å². The van der Waals surface area contributed by atoms with E-state index in [2.05, 4.69) is 41.3 Å². The summed E-state index contributed by atoms with van der Waals surface area (Å²) in [7, 11) is 2.07. The Morgan fingerprint density at radius 1 is 1.55 bits per heavy atom. The van der Waals surface area contributed by atoms with Crippen molar-refractivity contribution in [1.82, 2.24) is 9.88 Å². The minimum atomic E-state index is 1.08. The monoisotopic (exact) mass is 148 g/mol. The third-order valence-corrected chi connectivity index (χ3v) is 2.03. The van der Waals surface area contributed by atoms with Crippen LogP contribution in [0.4, 0.5) is 0 Å². The van der Waals surface area contributed by atoms with E-state index in [0.29, 0.717) is 0 Å². The van der Waals surface area contributed by atoms with E-state index in [9.17, 15) is 0 Å². The van der Waals surface area contributed by atoms with Crippen LogP contribution in [-0.4, -0.2) is 11.1 Å². The summed E-state index contributed by atoms with van der Waals surface area (Å²) in [6.07, 6.45) is 5.46. The van der Waals surface area contributed by atoms with Crippen molar-refractivity contribution in [2.45, 2.75) is 6.42 Å². The first-order valence-electron chi connectivity index (χ1n) is 3.93. The van der Waals surface area contributed by atoms with Crippen LogP contribution in [0.5, 0.6) is 0 Å². The van der Waals surface area contributed by atoms with Gasteiger partial charge < -0.3 is 9.88 Å². The molecule has 0 spiro atoms. The molecule has 0 bridgehead atoms. The van der Waals surface area contributed by atoms with Gasteiger partial charge in [-0.15, -0.1) is 0 Å². The number of rotatable bonds is 1. The largest absolute Gasteiger partial charge is 0.383 e. The fraction of sp³-hybridized carbons (Fsp3) is 0.333. The molecule has 1 aliphatic heterocycles. The average Bonchev–Trinajstić information content (AvgIpc) is 2.55. The molecule has 2 heterocycles. The molecule has 1 aromatic rings. The maximum Gasteiger partial charge on any atom is 0.0636 e. The topological polar surface area (TPSA) is 17.0 Å². The summed E-state index contributed by atoms with van der Waals surface area (Å²) < 4.78 is 2.13. The summed E-state index contributed by atoms with van der Waals surface area (Å²) in [4.78, 5) is 0. The normalized spacial score (nSPS) is 16.3. The van der Waals surface area contributed by atoms with Crippen LogP contribution in [0.1, 0.15) is 12.1 Å². The van der Waals surface area contributed by atoms with E-state index >= 15 is 0 Å². The Balaban J connectivity index is 2.35. The van der Waals surface area contributed by atoms with Crippen molar-refractivity contribution in [3.8, 4) is 0 Å². The first-order valence-corrected chi connectivity index (χ1v) is 3.93. The van der Waals surface area contributed by atoms with Crippen molar-refractivity contribution < 1.29 is 0 Å². The lowest BCUT2D eigenvalue weighted by Crippen LogP contribution is -2.08. The molecular formula is C9H12N2. The number of hydrogen-bond acceptors (Lipinski definition) is 1. The van der Waals surface area contributed by atoms with Gasteiger partial charge in [0.1, 0.15) is 0 Å². The van der Waals surface area contributed by atoms with Crippen molar-refractivity contribution in [2.24, 2.45) is 7.05 Å². The Morgan fingerprint density at radius 3 is 3.00 bits per heavy atom. The first kappa shape index (κ1) is 6.53. The molecule has 2 rings (SSSR count). The van der Waals surface area contributed by atoms with Gasteiger partial charge in [0, 0.05) is 19.8 Å². The second-order valence-electron chi connectivity index (χ2n) is 2.84. The molecule has 0 saturated heterocycles. The summed E-state index contributed by atoms with van der Waals surface area (Å²) in [5.74, 6) is 0. The van der Waals surface area contributed by atoms with Gasteiger partial charge in [-0.3, -0.25) is 0 Å². The van der Waals surface area contributed by atoms with Crippen LogP contribution in [-0.2, 0) is 7.05 Å². The second kappa shape index (κ2) is 2.46. The molecular weight excluding hydrogens is 136 g/mol. The molecule has 0 unspecified atom stereocenters. The Morgan fingerprint density at radius 2 is 2.45 bits per heavy atom. The maximum absolute atomic E-state index is 3.34. The maximum atomic E-state index is 3.34. The third kappa shape index (κ3) is 1.04. The predicted molar refractivity (Wildman–Crippen MR) is 46.0 cm³/mol. The van der Waals surface area contributed by atoms with Crippen LogP contribution in [0.2, 0.25) is 0 Å². The number of nitrogens with one attached hydrogen (secondary N) is 1. The highest BCUT2D eigenvalue weighted by molar-refractivity contribution is 5.63. The molecule has 0 amide bonds. The van der Waals surface area contributed by atoms with Gasteiger partial charge in [-0.2, -0.15) is 0 Å². The fourth-order valence-electron chi connectivity index (χ4n) is 1.43. The van der Waals surface area contributed by atoms with E-state index in [-0.39, 0.29) is 0 Å². The fourth-order valence-corrected chi connectivity index (χ4v) is 1.43. The van der Waals surface area contributed by atoms with E-state index in [1.165, 1.54) is 11.4 Å². The number of aromatic nitrogens is 1. The molecule has 0 aliphatic carbocycles. The zero-order valence-electron chi connectivity index (χ0n) is 6.67. The van der Waals surface area contributed by atoms with Crippen LogP contribution in [0.25, 0.3) is 5.70 Å². The van der Waals surface area contributed by atoms with E-state index in [4.69, 9.17) is 0 Å². The van der Waals surface area contributed by atoms with Crippen LogP contribution in [0.3, 0.4) is 0 Å². The summed E-state index contributed by atoms with van der Waals surface area (Å²) in [6, 6.07) is 4.19. The van der Waals surface area contributed by atoms with E-state index in [1.807, 2.05) is 0 Å². The Bertz CT molecular complexity index is 284. The molecule has 1 aromatic heterocycles. The molecule has 0 aromatic carbocycles. The third-order valence-electron chi connectivity index (χ3n) is 2.03. The Labute approximate surface area is 66.5 Å². The molecule has 11 heavy (non-hydrogen) atoms. The molecule has 0 atom stereocenters. The summed E-state index contributed by atoms with van der Waals surface area (Å²) >= 11 is 0. The molecule has 58 valence electrons. The smallest absolute Gasteiger partial charge is 0.0636 e. The van der Waals surface area contributed by atoms with E-state index < -0.39 is 0 Å². The first-order chi connectivity index (χ1) is 5.38. The lowest BCUT2D eigenvalue weighted by molar-refractivity contribution is 0.874. The zero-order valence-corrected chi connectivity index (χ0v) is 6.67. The van der Waals surface area contributed by atoms with Gasteiger partial charge in [-0.05, 0) is 18.6 Å². The highest BCUT2D eigenvalue weighted by Crippen LogP contribution is 2.15. The SMILES string of the molecule is Cn1cccc1C1=CCCN1. The lowest BCUT2D eigenvalue weighted by atomic mass is 10.3. The Hall–Kier alpha value is -1.18. The van der Waals surface area contributed by atoms with Gasteiger partial charge in [0.05, 0.1) is 11.4 Å². The van der Waals surface area contributed by atoms with Crippen molar-refractivity contribution in [1.29, 1.82) is 0 Å². The quantitative estimate of drug-likeness (QED) is 0.636. The predicted octanol–water partition coefficient (Wildman–Crippen LogP) is 1.36. The van der Waals surface area contributed by atoms with Crippen LogP contribution < -0.4 is 5.32 Å². The van der Waals surface area contributed by atoms with Gasteiger partial charge in [0.15, 0.2) is 0 Å². The molecule has 0 fully saturated rings. The van der Waals surface area contributed by atoms with Crippen LogP contribution in [0.15, 0.2) is 24.4 Å². The minimum Gasteiger partial charge on any atom is -0.383 e. The van der Waals surface area contributed by atoms with Crippen molar-refractivity contribution in [3.05, 3.63) is 30.1 Å². The van der Waals surface area contributed by atoms with Gasteiger partial charge in [0.25, 0.3) is 0 Å². The average molecular weight is 148 g/mol. The van der Waals surface area contributed by atoms with Gasteiger partial charge in [-0.1, -0.05) is 6.08 Å². The van der Waals surface area contributed by atoms with Crippen LogP contribution >= 0.6 is 0 Å². The van der Waals surface area contributed by atoms with Gasteiger partial charge >= 0.3 is 0 Å². The molecule has 1 N–H and O–H groups in total. The molecule has 0 saturated carbocycles. The molecule has 2 heteroatoms. The van der Waals surface area contributed by atoms with Crippen LogP contribution in [0, 0.1) is 0 Å². The Kier molecular flexibility index (Phi) is 1.46. The highest BCUT2D eigenvalue weighted by atomic mass is 15.0. The lowest BCUT2D eigenvalue weighted by Gasteiger charge is -2.04. The van der Waals surface area contributed by atoms with Crippen molar-refractivity contribution >= 4 is 5.70 Å². The number of hydrogen-bond donors (Lipinski definition) is 1. The standard InChI is InChI=1S/C9H12N2/c1-11-7-3-5-9(11)8-4-2-6-10-8/h3-5,7,10H,2,6H2,1H3. The molecule has 2 nitrogen and oxygen atoms in total. The summed E-state index contributed by atoms with van der Waals surface area (Å²) in [5, 5.41) is 3.34.